The molecule has 15 heavy (non-hydrogen) atoms. The highest BCUT2D eigenvalue weighted by Crippen LogP contribution is 2.27. The Morgan fingerprint density at radius 1 is 0.867 bits per heavy atom. The molecule has 0 aromatic heterocycles. The zero-order valence-electron chi connectivity index (χ0n) is 9.61. The molecule has 0 saturated heterocycles. The van der Waals surface area contributed by atoms with Crippen LogP contribution in [0, 0.1) is 33.5 Å². The second kappa shape index (κ2) is 3.34. The van der Waals surface area contributed by atoms with Gasteiger partial charge in [0.05, 0.1) is 0 Å². The van der Waals surface area contributed by atoms with Gasteiger partial charge in [-0.1, -0.05) is 23.8 Å². The molecule has 0 saturated carbocycles. The van der Waals surface area contributed by atoms with E-state index in [0.29, 0.717) is 0 Å². The number of fused-ring (bicyclic) bond motifs is 1. The summed E-state index contributed by atoms with van der Waals surface area (Å²) in [6.07, 6.45) is 0. The van der Waals surface area contributed by atoms with Gasteiger partial charge in [-0.05, 0) is 49.8 Å². The zero-order chi connectivity index (χ0) is 11.2. The fourth-order valence-electron chi connectivity index (χ4n) is 2.12. The maximum atomic E-state index is 14.1. The van der Waals surface area contributed by atoms with Gasteiger partial charge in [0, 0.05) is 5.39 Å². The molecule has 0 aliphatic heterocycles. The molecule has 0 aliphatic rings. The third kappa shape index (κ3) is 1.52. The van der Waals surface area contributed by atoms with Gasteiger partial charge < -0.3 is 0 Å². The van der Waals surface area contributed by atoms with Crippen LogP contribution in [-0.2, 0) is 0 Å². The number of aryl methyl sites for hydroxylation is 3. The van der Waals surface area contributed by atoms with Gasteiger partial charge in [0.1, 0.15) is 5.82 Å². The van der Waals surface area contributed by atoms with Gasteiger partial charge in [-0.2, -0.15) is 0 Å². The zero-order valence-corrected chi connectivity index (χ0v) is 9.61. The van der Waals surface area contributed by atoms with Gasteiger partial charge >= 0.3 is 0 Å². The first-order valence-electron chi connectivity index (χ1n) is 5.17. The van der Waals surface area contributed by atoms with Crippen LogP contribution < -0.4 is 0 Å². The molecule has 0 unspecified atom stereocenters. The van der Waals surface area contributed by atoms with Gasteiger partial charge in [0.15, 0.2) is 0 Å². The number of rotatable bonds is 0. The van der Waals surface area contributed by atoms with E-state index in [1.807, 2.05) is 39.8 Å². The summed E-state index contributed by atoms with van der Waals surface area (Å²) >= 11 is 0. The lowest BCUT2D eigenvalue weighted by Crippen LogP contribution is -1.93. The lowest BCUT2D eigenvalue weighted by Gasteiger charge is -2.10. The third-order valence-corrected chi connectivity index (χ3v) is 3.02. The van der Waals surface area contributed by atoms with Crippen LogP contribution in [0.2, 0.25) is 0 Å². The van der Waals surface area contributed by atoms with E-state index in [1.165, 1.54) is 5.56 Å². The van der Waals surface area contributed by atoms with Crippen LogP contribution in [0.15, 0.2) is 18.2 Å². The van der Waals surface area contributed by atoms with E-state index < -0.39 is 0 Å². The van der Waals surface area contributed by atoms with E-state index in [4.69, 9.17) is 0 Å². The van der Waals surface area contributed by atoms with Crippen LogP contribution in [0.5, 0.6) is 0 Å². The summed E-state index contributed by atoms with van der Waals surface area (Å²) in [7, 11) is 0. The first kappa shape index (κ1) is 10.2. The first-order chi connectivity index (χ1) is 7.00. The summed E-state index contributed by atoms with van der Waals surface area (Å²) in [4.78, 5) is 0. The molecule has 0 bridgehead atoms. The Morgan fingerprint density at radius 3 is 2.20 bits per heavy atom. The number of benzene rings is 2. The van der Waals surface area contributed by atoms with Gasteiger partial charge in [0.25, 0.3) is 0 Å². The van der Waals surface area contributed by atoms with Crippen molar-refractivity contribution >= 4 is 10.8 Å². The summed E-state index contributed by atoms with van der Waals surface area (Å²) in [6, 6.07) is 6.13. The van der Waals surface area contributed by atoms with Crippen molar-refractivity contribution in [2.75, 3.05) is 0 Å². The molecule has 0 atom stereocenters. The highest BCUT2D eigenvalue weighted by atomic mass is 19.1. The normalized spacial score (nSPS) is 11.0. The Balaban J connectivity index is 2.99. The van der Waals surface area contributed by atoms with Gasteiger partial charge in [-0.25, -0.2) is 4.39 Å². The molecule has 2 rings (SSSR count). The lowest BCUT2D eigenvalue weighted by molar-refractivity contribution is 0.628. The molecule has 78 valence electrons. The van der Waals surface area contributed by atoms with Crippen LogP contribution in [0.1, 0.15) is 22.3 Å². The van der Waals surface area contributed by atoms with Crippen molar-refractivity contribution in [3.05, 3.63) is 46.3 Å². The van der Waals surface area contributed by atoms with Crippen LogP contribution >= 0.6 is 0 Å². The van der Waals surface area contributed by atoms with E-state index in [0.717, 1.165) is 27.5 Å². The minimum Gasteiger partial charge on any atom is -0.206 e. The molecule has 2 aromatic carbocycles. The van der Waals surface area contributed by atoms with Gasteiger partial charge in [-0.3, -0.25) is 0 Å². The Hall–Kier alpha value is -1.37. The Labute approximate surface area is 89.7 Å². The summed E-state index contributed by atoms with van der Waals surface area (Å²) in [5.74, 6) is -0.0671. The third-order valence-electron chi connectivity index (χ3n) is 3.02. The van der Waals surface area contributed by atoms with E-state index in [9.17, 15) is 4.39 Å². The minimum absolute atomic E-state index is 0.0671. The molecule has 0 heterocycles. The molecule has 0 aliphatic carbocycles. The average Bonchev–Trinajstić information content (AvgIpc) is 2.13. The largest absolute Gasteiger partial charge is 0.206 e. The van der Waals surface area contributed by atoms with E-state index in [-0.39, 0.29) is 5.82 Å². The fourth-order valence-corrected chi connectivity index (χ4v) is 2.12. The molecular weight excluding hydrogens is 187 g/mol. The van der Waals surface area contributed by atoms with E-state index in [1.54, 1.807) is 0 Å². The summed E-state index contributed by atoms with van der Waals surface area (Å²) < 4.78 is 14.1. The molecule has 0 amide bonds. The molecule has 0 spiro atoms. The number of halogens is 1. The van der Waals surface area contributed by atoms with Crippen molar-refractivity contribution < 1.29 is 4.39 Å². The van der Waals surface area contributed by atoms with Crippen molar-refractivity contribution in [3.63, 3.8) is 0 Å². The van der Waals surface area contributed by atoms with Gasteiger partial charge in [0.2, 0.25) is 0 Å². The smallest absolute Gasteiger partial charge is 0.134 e. The SMILES string of the molecule is Cc1cc(C)c2c(F)c(C)c(C)cc2c1. The monoisotopic (exact) mass is 202 g/mol. The quantitative estimate of drug-likeness (QED) is 0.600. The van der Waals surface area contributed by atoms with Crippen LogP contribution in [-0.4, -0.2) is 0 Å². The molecular formula is C14H15F. The van der Waals surface area contributed by atoms with Crippen molar-refractivity contribution in [2.24, 2.45) is 0 Å². The van der Waals surface area contributed by atoms with Crippen LogP contribution in [0.25, 0.3) is 10.8 Å². The second-order valence-electron chi connectivity index (χ2n) is 4.31. The molecule has 1 heteroatoms. The summed E-state index contributed by atoms with van der Waals surface area (Å²) in [5, 5.41) is 1.77. The summed E-state index contributed by atoms with van der Waals surface area (Å²) in [5.41, 5.74) is 3.98. The lowest BCUT2D eigenvalue weighted by atomic mass is 9.97. The van der Waals surface area contributed by atoms with Crippen LogP contribution in [0.4, 0.5) is 4.39 Å². The average molecular weight is 202 g/mol. The minimum atomic E-state index is -0.0671. The van der Waals surface area contributed by atoms with Crippen molar-refractivity contribution in [1.82, 2.24) is 0 Å². The van der Waals surface area contributed by atoms with Crippen molar-refractivity contribution in [3.8, 4) is 0 Å². The van der Waals surface area contributed by atoms with Gasteiger partial charge in [-0.15, -0.1) is 0 Å². The number of hydrogen-bond acceptors (Lipinski definition) is 0. The van der Waals surface area contributed by atoms with Crippen molar-refractivity contribution in [2.45, 2.75) is 27.7 Å². The highest BCUT2D eigenvalue weighted by molar-refractivity contribution is 5.88. The predicted octanol–water partition coefficient (Wildman–Crippen LogP) is 4.21. The molecule has 0 nitrogen and oxygen atoms in total. The second-order valence-corrected chi connectivity index (χ2v) is 4.31. The Kier molecular flexibility index (Phi) is 2.26. The first-order valence-corrected chi connectivity index (χ1v) is 5.17. The Bertz CT molecular complexity index is 539. The van der Waals surface area contributed by atoms with Crippen molar-refractivity contribution in [1.29, 1.82) is 0 Å². The highest BCUT2D eigenvalue weighted by Gasteiger charge is 2.09. The molecule has 2 aromatic rings. The maximum absolute atomic E-state index is 14.1. The maximum Gasteiger partial charge on any atom is 0.134 e. The van der Waals surface area contributed by atoms with E-state index >= 15 is 0 Å². The molecule has 0 N–H and O–H groups in total. The fraction of sp³-hybridized carbons (Fsp3) is 0.286. The molecule has 0 radical (unpaired) electrons. The topological polar surface area (TPSA) is 0 Å². The number of hydrogen-bond donors (Lipinski definition) is 0. The van der Waals surface area contributed by atoms with E-state index in [2.05, 4.69) is 6.07 Å². The standard InChI is InChI=1S/C14H15F/c1-8-5-10(3)13-12(6-8)7-9(2)11(4)14(13)15/h5-7H,1-4H3. The Morgan fingerprint density at radius 2 is 1.53 bits per heavy atom. The predicted molar refractivity (Wildman–Crippen MR) is 62.9 cm³/mol. The van der Waals surface area contributed by atoms with Crippen LogP contribution in [0.3, 0.4) is 0 Å². The summed E-state index contributed by atoms with van der Waals surface area (Å²) in [6.45, 7) is 7.80. The molecule has 0 fully saturated rings.